The molecule has 0 aliphatic carbocycles. The average Bonchev–Trinajstić information content (AvgIpc) is 2.50. The molecule has 3 nitrogen and oxygen atoms in total. The number of hydrogen-bond donors (Lipinski definition) is 1. The fraction of sp³-hybridized carbons (Fsp3) is 0.182. The molecule has 14 heavy (non-hydrogen) atoms. The van der Waals surface area contributed by atoms with Gasteiger partial charge in [-0.15, -0.1) is 0 Å². The van der Waals surface area contributed by atoms with Gasteiger partial charge in [-0.1, -0.05) is 29.8 Å². The second-order valence-corrected chi connectivity index (χ2v) is 3.42. The molecule has 1 N–H and O–H groups in total. The van der Waals surface area contributed by atoms with Crippen LogP contribution in [0.2, 0.25) is 0 Å². The molecule has 0 bridgehead atoms. The van der Waals surface area contributed by atoms with Crippen molar-refractivity contribution in [2.24, 2.45) is 7.05 Å². The van der Waals surface area contributed by atoms with Crippen molar-refractivity contribution in [3.63, 3.8) is 0 Å². The summed E-state index contributed by atoms with van der Waals surface area (Å²) in [4.78, 5) is 11.6. The van der Waals surface area contributed by atoms with E-state index in [9.17, 15) is 4.79 Å². The monoisotopic (exact) mass is 188 g/mol. The summed E-state index contributed by atoms with van der Waals surface area (Å²) in [5.41, 5.74) is 2.87. The Bertz CT molecular complexity index is 491. The SMILES string of the molecule is Cc1ccc(-c2c[nH]n(C)c2=O)cc1. The molecular formula is C11H12N2O. The number of rotatable bonds is 1. The van der Waals surface area contributed by atoms with E-state index in [0.717, 1.165) is 5.56 Å². The summed E-state index contributed by atoms with van der Waals surface area (Å²) in [7, 11) is 1.71. The van der Waals surface area contributed by atoms with E-state index in [4.69, 9.17) is 0 Å². The Morgan fingerprint density at radius 2 is 1.86 bits per heavy atom. The van der Waals surface area contributed by atoms with E-state index < -0.39 is 0 Å². The summed E-state index contributed by atoms with van der Waals surface area (Å²) in [6.45, 7) is 2.03. The van der Waals surface area contributed by atoms with Crippen molar-refractivity contribution in [1.29, 1.82) is 0 Å². The maximum atomic E-state index is 11.6. The van der Waals surface area contributed by atoms with Crippen LogP contribution in [-0.2, 0) is 7.05 Å². The number of benzene rings is 1. The molecule has 0 aliphatic rings. The normalized spacial score (nSPS) is 10.4. The lowest BCUT2D eigenvalue weighted by molar-refractivity contribution is 0.740. The fourth-order valence-corrected chi connectivity index (χ4v) is 1.40. The molecule has 0 saturated carbocycles. The lowest BCUT2D eigenvalue weighted by Gasteiger charge is -1.96. The first-order valence-electron chi connectivity index (χ1n) is 4.50. The van der Waals surface area contributed by atoms with Crippen molar-refractivity contribution in [3.05, 3.63) is 46.4 Å². The molecular weight excluding hydrogens is 176 g/mol. The van der Waals surface area contributed by atoms with E-state index in [1.54, 1.807) is 13.2 Å². The molecule has 0 amide bonds. The van der Waals surface area contributed by atoms with Crippen LogP contribution in [0.1, 0.15) is 5.56 Å². The summed E-state index contributed by atoms with van der Waals surface area (Å²) in [5.74, 6) is 0. The number of nitrogens with zero attached hydrogens (tertiary/aromatic N) is 1. The zero-order chi connectivity index (χ0) is 10.1. The smallest absolute Gasteiger partial charge is 0.274 e. The minimum atomic E-state index is 0.00820. The summed E-state index contributed by atoms with van der Waals surface area (Å²) < 4.78 is 1.47. The van der Waals surface area contributed by atoms with Gasteiger partial charge < -0.3 is 5.10 Å². The van der Waals surface area contributed by atoms with Crippen molar-refractivity contribution in [2.45, 2.75) is 6.92 Å². The first-order valence-corrected chi connectivity index (χ1v) is 4.50. The molecule has 0 saturated heterocycles. The van der Waals surface area contributed by atoms with Crippen molar-refractivity contribution in [1.82, 2.24) is 9.78 Å². The number of H-pyrrole nitrogens is 1. The van der Waals surface area contributed by atoms with Crippen molar-refractivity contribution < 1.29 is 0 Å². The lowest BCUT2D eigenvalue weighted by Crippen LogP contribution is -2.12. The molecule has 2 rings (SSSR count). The van der Waals surface area contributed by atoms with Crippen LogP contribution in [0.25, 0.3) is 11.1 Å². The topological polar surface area (TPSA) is 37.8 Å². The Kier molecular flexibility index (Phi) is 2.00. The van der Waals surface area contributed by atoms with Gasteiger partial charge in [0.25, 0.3) is 5.56 Å². The number of aryl methyl sites for hydroxylation is 2. The molecule has 0 radical (unpaired) electrons. The summed E-state index contributed by atoms with van der Waals surface area (Å²) >= 11 is 0. The van der Waals surface area contributed by atoms with Gasteiger partial charge in [0.05, 0.1) is 5.56 Å². The molecule has 3 heteroatoms. The first-order chi connectivity index (χ1) is 6.68. The third-order valence-electron chi connectivity index (χ3n) is 2.30. The van der Waals surface area contributed by atoms with E-state index in [-0.39, 0.29) is 5.56 Å². The molecule has 2 aromatic rings. The van der Waals surface area contributed by atoms with Crippen LogP contribution in [0.5, 0.6) is 0 Å². The fourth-order valence-electron chi connectivity index (χ4n) is 1.40. The highest BCUT2D eigenvalue weighted by atomic mass is 16.1. The first kappa shape index (κ1) is 8.81. The second-order valence-electron chi connectivity index (χ2n) is 3.42. The molecule has 0 spiro atoms. The maximum Gasteiger partial charge on any atom is 0.274 e. The summed E-state index contributed by atoms with van der Waals surface area (Å²) in [5, 5.41) is 2.85. The second kappa shape index (κ2) is 3.18. The van der Waals surface area contributed by atoms with E-state index in [1.807, 2.05) is 31.2 Å². The minimum absolute atomic E-state index is 0.00820. The third kappa shape index (κ3) is 1.37. The predicted octanol–water partition coefficient (Wildman–Crippen LogP) is 1.69. The van der Waals surface area contributed by atoms with Gasteiger partial charge in [0.15, 0.2) is 0 Å². The molecule has 0 fully saturated rings. The van der Waals surface area contributed by atoms with E-state index in [1.165, 1.54) is 10.2 Å². The van der Waals surface area contributed by atoms with E-state index in [2.05, 4.69) is 5.10 Å². The van der Waals surface area contributed by atoms with Gasteiger partial charge in [-0.05, 0) is 12.5 Å². The van der Waals surface area contributed by atoms with Gasteiger partial charge in [-0.2, -0.15) is 0 Å². The van der Waals surface area contributed by atoms with Crippen LogP contribution in [0.4, 0.5) is 0 Å². The van der Waals surface area contributed by atoms with Gasteiger partial charge in [0.2, 0.25) is 0 Å². The summed E-state index contributed by atoms with van der Waals surface area (Å²) in [6.07, 6.45) is 1.73. The Labute approximate surface area is 82.0 Å². The highest BCUT2D eigenvalue weighted by Gasteiger charge is 2.04. The Morgan fingerprint density at radius 3 is 2.36 bits per heavy atom. The zero-order valence-electron chi connectivity index (χ0n) is 8.24. The number of nitrogens with one attached hydrogen (secondary N) is 1. The molecule has 0 atom stereocenters. The van der Waals surface area contributed by atoms with Gasteiger partial charge in [0, 0.05) is 13.2 Å². The standard InChI is InChI=1S/C11H12N2O/c1-8-3-5-9(6-4-8)10-7-12-13(2)11(10)14/h3-7,12H,1-2H3. The Hall–Kier alpha value is -1.77. The highest BCUT2D eigenvalue weighted by Crippen LogP contribution is 2.14. The van der Waals surface area contributed by atoms with Crippen molar-refractivity contribution in [2.75, 3.05) is 0 Å². The van der Waals surface area contributed by atoms with Crippen LogP contribution in [0.3, 0.4) is 0 Å². The quantitative estimate of drug-likeness (QED) is 0.726. The van der Waals surface area contributed by atoms with Crippen LogP contribution in [0, 0.1) is 6.92 Å². The minimum Gasteiger partial charge on any atom is -0.303 e. The number of hydrogen-bond acceptors (Lipinski definition) is 1. The van der Waals surface area contributed by atoms with Crippen LogP contribution >= 0.6 is 0 Å². The third-order valence-corrected chi connectivity index (χ3v) is 2.30. The zero-order valence-corrected chi connectivity index (χ0v) is 8.24. The van der Waals surface area contributed by atoms with Crippen LogP contribution < -0.4 is 5.56 Å². The summed E-state index contributed by atoms with van der Waals surface area (Å²) in [6, 6.07) is 7.92. The van der Waals surface area contributed by atoms with Crippen molar-refractivity contribution in [3.8, 4) is 11.1 Å². The lowest BCUT2D eigenvalue weighted by atomic mass is 10.1. The Balaban J connectivity index is 2.55. The average molecular weight is 188 g/mol. The molecule has 1 aromatic heterocycles. The molecule has 0 unspecified atom stereocenters. The van der Waals surface area contributed by atoms with Crippen LogP contribution in [0.15, 0.2) is 35.3 Å². The van der Waals surface area contributed by atoms with Gasteiger partial charge in [-0.3, -0.25) is 9.48 Å². The molecule has 1 aromatic carbocycles. The van der Waals surface area contributed by atoms with Gasteiger partial charge in [0.1, 0.15) is 0 Å². The molecule has 72 valence electrons. The molecule has 1 heterocycles. The van der Waals surface area contributed by atoms with E-state index in [0.29, 0.717) is 5.56 Å². The van der Waals surface area contributed by atoms with E-state index >= 15 is 0 Å². The number of aromatic amines is 1. The predicted molar refractivity (Wildman–Crippen MR) is 56.2 cm³/mol. The van der Waals surface area contributed by atoms with Crippen LogP contribution in [-0.4, -0.2) is 9.78 Å². The highest BCUT2D eigenvalue weighted by molar-refractivity contribution is 5.61. The Morgan fingerprint density at radius 1 is 1.21 bits per heavy atom. The molecule has 0 aliphatic heterocycles. The number of aromatic nitrogens is 2. The maximum absolute atomic E-state index is 11.6. The van der Waals surface area contributed by atoms with Gasteiger partial charge in [-0.25, -0.2) is 0 Å². The van der Waals surface area contributed by atoms with Crippen molar-refractivity contribution >= 4 is 0 Å². The largest absolute Gasteiger partial charge is 0.303 e. The van der Waals surface area contributed by atoms with Gasteiger partial charge >= 0.3 is 0 Å².